The molecule has 2 rings (SSSR count). The van der Waals surface area contributed by atoms with Gasteiger partial charge in [0.2, 0.25) is 0 Å². The highest BCUT2D eigenvalue weighted by molar-refractivity contribution is 9.15. The molecule has 0 amide bonds. The van der Waals surface area contributed by atoms with Crippen LogP contribution in [0.5, 0.6) is 0 Å². The second kappa shape index (κ2) is 4.91. The average Bonchev–Trinajstić information content (AvgIpc) is 2.63. The number of hydrogen-bond acceptors (Lipinski definition) is 2. The molecule has 0 radical (unpaired) electrons. The number of benzene rings is 1. The van der Waals surface area contributed by atoms with Gasteiger partial charge < -0.3 is 15.5 Å². The van der Waals surface area contributed by atoms with Gasteiger partial charge in [0.1, 0.15) is 5.28 Å². The molecule has 4 nitrogen and oxygen atoms in total. The van der Waals surface area contributed by atoms with E-state index in [1.54, 1.807) is 0 Å². The summed E-state index contributed by atoms with van der Waals surface area (Å²) in [5, 5.41) is -1.53. The van der Waals surface area contributed by atoms with Gasteiger partial charge in [-0.2, -0.15) is 0 Å². The summed E-state index contributed by atoms with van der Waals surface area (Å²) in [6.07, 6.45) is 0.273. The first-order valence-electron chi connectivity index (χ1n) is 4.76. The Kier molecular flexibility index (Phi) is 4.27. The Morgan fingerprint density at radius 2 is 1.28 bits per heavy atom. The van der Waals surface area contributed by atoms with Gasteiger partial charge in [-0.15, -0.1) is 0 Å². The van der Waals surface area contributed by atoms with Crippen LogP contribution in [0.4, 0.5) is 0 Å². The van der Waals surface area contributed by atoms with Crippen LogP contribution in [0.25, 0.3) is 0 Å². The molecule has 4 N–H and O–H groups in total. The van der Waals surface area contributed by atoms with Crippen LogP contribution >= 0.6 is 71.3 Å². The third kappa shape index (κ3) is 2.33. The van der Waals surface area contributed by atoms with Gasteiger partial charge in [-0.3, -0.25) is 4.57 Å². The molecular formula is C9H8Br4NO3P. The number of nitrogens with two attached hydrogens (primary N) is 1. The largest absolute Gasteiger partial charge is 0.345 e. The van der Waals surface area contributed by atoms with Crippen molar-refractivity contribution in [3.63, 3.8) is 0 Å². The summed E-state index contributed by atoms with van der Waals surface area (Å²) < 4.78 is 14.7. The highest BCUT2D eigenvalue weighted by Gasteiger charge is 2.49. The van der Waals surface area contributed by atoms with E-state index in [1.165, 1.54) is 0 Å². The normalized spacial score (nSPS) is 17.9. The van der Waals surface area contributed by atoms with Gasteiger partial charge in [0.15, 0.2) is 0 Å². The topological polar surface area (TPSA) is 83.6 Å². The SMILES string of the molecule is NC1(P(=O)(O)O)Cc2c(Br)c(Br)c(Br)c(Br)c2C1. The summed E-state index contributed by atoms with van der Waals surface area (Å²) in [6.45, 7) is 0. The monoisotopic (exact) mass is 525 g/mol. The van der Waals surface area contributed by atoms with Crippen LogP contribution in [0, 0.1) is 0 Å². The van der Waals surface area contributed by atoms with Crippen LogP contribution < -0.4 is 5.73 Å². The lowest BCUT2D eigenvalue weighted by Gasteiger charge is -2.24. The van der Waals surface area contributed by atoms with Crippen LogP contribution in [0.2, 0.25) is 0 Å². The van der Waals surface area contributed by atoms with E-state index in [-0.39, 0.29) is 12.8 Å². The van der Waals surface area contributed by atoms with E-state index >= 15 is 0 Å². The second-order valence-corrected chi connectivity index (χ2v) is 9.36. The molecule has 18 heavy (non-hydrogen) atoms. The summed E-state index contributed by atoms with van der Waals surface area (Å²) in [6, 6.07) is 0. The molecule has 0 heterocycles. The summed E-state index contributed by atoms with van der Waals surface area (Å²) >= 11 is 13.7. The number of fused-ring (bicyclic) bond motifs is 1. The van der Waals surface area contributed by atoms with Crippen molar-refractivity contribution >= 4 is 71.3 Å². The van der Waals surface area contributed by atoms with Gasteiger partial charge in [-0.05, 0) is 74.8 Å². The molecule has 0 unspecified atom stereocenters. The zero-order valence-electron chi connectivity index (χ0n) is 8.75. The van der Waals surface area contributed by atoms with Crippen molar-refractivity contribution in [2.45, 2.75) is 18.1 Å². The molecule has 0 saturated carbocycles. The first-order valence-corrected chi connectivity index (χ1v) is 9.55. The minimum Gasteiger partial charge on any atom is -0.323 e. The maximum absolute atomic E-state index is 11.5. The maximum atomic E-state index is 11.5. The zero-order valence-corrected chi connectivity index (χ0v) is 16.0. The van der Waals surface area contributed by atoms with Gasteiger partial charge in [0.25, 0.3) is 0 Å². The van der Waals surface area contributed by atoms with Crippen molar-refractivity contribution < 1.29 is 14.4 Å². The van der Waals surface area contributed by atoms with E-state index in [2.05, 4.69) is 63.7 Å². The summed E-state index contributed by atoms with van der Waals surface area (Å²) in [5.41, 5.74) is 7.53. The molecule has 0 aromatic heterocycles. The van der Waals surface area contributed by atoms with Crippen LogP contribution in [-0.2, 0) is 17.4 Å². The van der Waals surface area contributed by atoms with Gasteiger partial charge in [0.05, 0.1) is 0 Å². The molecule has 0 spiro atoms. The number of halogens is 4. The molecule has 0 bridgehead atoms. The Labute approximate surface area is 137 Å². The highest BCUT2D eigenvalue weighted by atomic mass is 79.9. The number of rotatable bonds is 1. The van der Waals surface area contributed by atoms with Gasteiger partial charge >= 0.3 is 7.60 Å². The third-order valence-corrected chi connectivity index (χ3v) is 9.43. The molecule has 0 aliphatic heterocycles. The summed E-state index contributed by atoms with van der Waals surface area (Å²) in [5.74, 6) is 0. The maximum Gasteiger partial charge on any atom is 0.345 e. The Morgan fingerprint density at radius 3 is 1.56 bits per heavy atom. The van der Waals surface area contributed by atoms with Crippen LogP contribution in [-0.4, -0.2) is 15.1 Å². The Balaban J connectivity index is 2.65. The third-order valence-electron chi connectivity index (χ3n) is 3.02. The molecular weight excluding hydrogens is 521 g/mol. The van der Waals surface area contributed by atoms with E-state index in [0.717, 1.165) is 29.0 Å². The van der Waals surface area contributed by atoms with E-state index in [1.807, 2.05) is 0 Å². The van der Waals surface area contributed by atoms with Crippen molar-refractivity contribution in [1.82, 2.24) is 0 Å². The Bertz CT molecular complexity index is 549. The fourth-order valence-corrected chi connectivity index (χ4v) is 5.26. The molecule has 0 atom stereocenters. The molecule has 1 aromatic rings. The van der Waals surface area contributed by atoms with Crippen molar-refractivity contribution in [2.24, 2.45) is 5.73 Å². The lowest BCUT2D eigenvalue weighted by Crippen LogP contribution is -2.40. The van der Waals surface area contributed by atoms with Crippen LogP contribution in [0.3, 0.4) is 0 Å². The molecule has 1 aliphatic rings. The summed E-state index contributed by atoms with van der Waals surface area (Å²) in [7, 11) is -4.37. The van der Waals surface area contributed by atoms with E-state index < -0.39 is 12.9 Å². The standard InChI is InChI=1S/C9H8Br4NO3P/c10-5-3-1-9(14,18(15,16)17)2-4(3)6(11)8(13)7(5)12/h1-2,14H2,(H2,15,16,17). The predicted octanol–water partition coefficient (Wildman–Crippen LogP) is 3.67. The lowest BCUT2D eigenvalue weighted by atomic mass is 10.1. The minimum absolute atomic E-state index is 0.137. The van der Waals surface area contributed by atoms with Crippen molar-refractivity contribution in [3.05, 3.63) is 29.0 Å². The van der Waals surface area contributed by atoms with Crippen molar-refractivity contribution in [2.75, 3.05) is 0 Å². The van der Waals surface area contributed by atoms with Crippen molar-refractivity contribution in [1.29, 1.82) is 0 Å². The smallest absolute Gasteiger partial charge is 0.323 e. The van der Waals surface area contributed by atoms with Gasteiger partial charge in [-0.1, -0.05) is 0 Å². The quantitative estimate of drug-likeness (QED) is 0.295. The molecule has 9 heteroatoms. The Hall–Kier alpha value is 1.25. The Morgan fingerprint density at radius 1 is 0.944 bits per heavy atom. The number of hydrogen-bond donors (Lipinski definition) is 3. The summed E-state index contributed by atoms with van der Waals surface area (Å²) in [4.78, 5) is 18.8. The van der Waals surface area contributed by atoms with Crippen LogP contribution in [0.15, 0.2) is 17.9 Å². The molecule has 0 saturated heterocycles. The van der Waals surface area contributed by atoms with E-state index in [9.17, 15) is 14.4 Å². The first-order chi connectivity index (χ1) is 8.08. The fraction of sp³-hybridized carbons (Fsp3) is 0.333. The van der Waals surface area contributed by atoms with Gasteiger partial charge in [-0.25, -0.2) is 0 Å². The molecule has 100 valence electrons. The zero-order chi connectivity index (χ0) is 13.9. The predicted molar refractivity (Wildman–Crippen MR) is 83.6 cm³/mol. The first kappa shape index (κ1) is 15.6. The lowest BCUT2D eigenvalue weighted by molar-refractivity contribution is 0.327. The van der Waals surface area contributed by atoms with Gasteiger partial charge in [0, 0.05) is 30.7 Å². The second-order valence-electron chi connectivity index (χ2n) is 4.21. The van der Waals surface area contributed by atoms with Crippen molar-refractivity contribution in [3.8, 4) is 0 Å². The molecule has 1 aliphatic carbocycles. The van der Waals surface area contributed by atoms with E-state index in [0.29, 0.717) is 0 Å². The van der Waals surface area contributed by atoms with Crippen LogP contribution in [0.1, 0.15) is 11.1 Å². The highest BCUT2D eigenvalue weighted by Crippen LogP contribution is 2.57. The fourth-order valence-electron chi connectivity index (χ4n) is 1.97. The molecule has 1 aromatic carbocycles. The minimum atomic E-state index is -4.37. The molecule has 0 fully saturated rings. The average molecular weight is 529 g/mol. The van der Waals surface area contributed by atoms with E-state index in [4.69, 9.17) is 5.73 Å².